The zero-order valence-electron chi connectivity index (χ0n) is 10.9. The summed E-state index contributed by atoms with van der Waals surface area (Å²) in [5.41, 5.74) is 0.834. The molecule has 2 atom stereocenters. The minimum atomic E-state index is -4.95. The molecule has 20 heavy (non-hydrogen) atoms. The summed E-state index contributed by atoms with van der Waals surface area (Å²) < 4.78 is 37.2. The third-order valence-corrected chi connectivity index (χ3v) is 3.59. The van der Waals surface area contributed by atoms with Gasteiger partial charge in [-0.25, -0.2) is 0 Å². The normalized spacial score (nSPS) is 21.1. The third-order valence-electron chi connectivity index (χ3n) is 3.59. The van der Waals surface area contributed by atoms with Crippen LogP contribution in [0.25, 0.3) is 0 Å². The van der Waals surface area contributed by atoms with Gasteiger partial charge in [0, 0.05) is 6.54 Å². The lowest BCUT2D eigenvalue weighted by atomic mass is 10.0. The molecule has 1 aliphatic heterocycles. The first kappa shape index (κ1) is 14.6. The molecule has 0 N–H and O–H groups in total. The van der Waals surface area contributed by atoms with Crippen LogP contribution in [-0.2, 0) is 9.59 Å². The number of carbonyl (C=O) groups excluding carboxylic acids is 2. The summed E-state index contributed by atoms with van der Waals surface area (Å²) >= 11 is 0. The number of ketones is 1. The molecule has 3 nitrogen and oxygen atoms in total. The predicted molar refractivity (Wildman–Crippen MR) is 65.7 cm³/mol. The number of benzene rings is 1. The minimum absolute atomic E-state index is 0.0750. The van der Waals surface area contributed by atoms with Crippen molar-refractivity contribution in [3.63, 3.8) is 0 Å². The van der Waals surface area contributed by atoms with E-state index in [4.69, 9.17) is 0 Å². The Bertz CT molecular complexity index is 513. The summed E-state index contributed by atoms with van der Waals surface area (Å²) in [5.74, 6) is -4.25. The molecule has 6 heteroatoms. The van der Waals surface area contributed by atoms with Crippen molar-refractivity contribution in [2.75, 3.05) is 6.54 Å². The Balaban J connectivity index is 2.14. The number of halogens is 3. The van der Waals surface area contributed by atoms with Crippen molar-refractivity contribution in [1.82, 2.24) is 4.90 Å². The number of Topliss-reactive ketones (excluding diaryl/α,β-unsaturated/α-hetero) is 1. The third kappa shape index (κ3) is 2.69. The Morgan fingerprint density at radius 1 is 1.30 bits per heavy atom. The van der Waals surface area contributed by atoms with Gasteiger partial charge in [0.15, 0.2) is 0 Å². The molecule has 1 aliphatic rings. The van der Waals surface area contributed by atoms with E-state index < -0.39 is 23.8 Å². The number of alkyl halides is 3. The molecule has 1 aromatic rings. The highest BCUT2D eigenvalue weighted by Gasteiger charge is 2.50. The smallest absolute Gasteiger partial charge is 0.335 e. The van der Waals surface area contributed by atoms with Crippen molar-refractivity contribution < 1.29 is 22.8 Å². The number of carbonyl (C=O) groups is 2. The van der Waals surface area contributed by atoms with Crippen LogP contribution in [0.1, 0.15) is 24.9 Å². The van der Waals surface area contributed by atoms with Gasteiger partial charge in [-0.2, -0.15) is 13.2 Å². The van der Waals surface area contributed by atoms with Crippen LogP contribution in [0.2, 0.25) is 0 Å². The van der Waals surface area contributed by atoms with Crippen molar-refractivity contribution in [3.8, 4) is 0 Å². The molecule has 1 fully saturated rings. The average Bonchev–Trinajstić information content (AvgIpc) is 2.78. The van der Waals surface area contributed by atoms with Gasteiger partial charge in [-0.1, -0.05) is 30.3 Å². The fourth-order valence-electron chi connectivity index (χ4n) is 2.44. The Hall–Kier alpha value is -1.85. The fraction of sp³-hybridized carbons (Fsp3) is 0.429. The van der Waals surface area contributed by atoms with Crippen molar-refractivity contribution in [1.29, 1.82) is 0 Å². The molecular weight excluding hydrogens is 271 g/mol. The van der Waals surface area contributed by atoms with E-state index in [2.05, 4.69) is 0 Å². The molecule has 0 saturated carbocycles. The minimum Gasteiger partial charge on any atom is -0.335 e. The maximum Gasteiger partial charge on any atom is 0.450 e. The monoisotopic (exact) mass is 285 g/mol. The molecule has 108 valence electrons. The molecule has 1 amide bonds. The van der Waals surface area contributed by atoms with Crippen LogP contribution in [0.5, 0.6) is 0 Å². The van der Waals surface area contributed by atoms with E-state index in [9.17, 15) is 22.8 Å². The van der Waals surface area contributed by atoms with E-state index in [1.54, 1.807) is 31.2 Å². The number of amides is 1. The highest BCUT2D eigenvalue weighted by molar-refractivity contribution is 6.05. The van der Waals surface area contributed by atoms with Gasteiger partial charge < -0.3 is 4.90 Å². The second kappa shape index (κ2) is 5.26. The summed E-state index contributed by atoms with van der Waals surface area (Å²) in [6.45, 7) is 1.91. The van der Waals surface area contributed by atoms with Gasteiger partial charge in [0.2, 0.25) is 11.7 Å². The maximum atomic E-state index is 12.4. The standard InChI is InChI=1S/C14H14F3NO2/c1-9(10-5-3-2-4-6-10)18-8-7-11(13(18)20)12(19)14(15,16)17/h2-6,9,11H,7-8H2,1H3/t9-,11?/m1/s1. The number of hydrogen-bond acceptors (Lipinski definition) is 2. The van der Waals surface area contributed by atoms with Gasteiger partial charge >= 0.3 is 6.18 Å². The first-order valence-electron chi connectivity index (χ1n) is 6.29. The largest absolute Gasteiger partial charge is 0.450 e. The van der Waals surface area contributed by atoms with Crippen molar-refractivity contribution in [3.05, 3.63) is 35.9 Å². The quantitative estimate of drug-likeness (QED) is 0.801. The first-order valence-corrected chi connectivity index (χ1v) is 6.29. The SMILES string of the molecule is C[C@H](c1ccccc1)N1CCC(C(=O)C(F)(F)F)C1=O. The van der Waals surface area contributed by atoms with E-state index in [0.717, 1.165) is 5.56 Å². The van der Waals surface area contributed by atoms with Crippen molar-refractivity contribution in [2.24, 2.45) is 5.92 Å². The average molecular weight is 285 g/mol. The van der Waals surface area contributed by atoms with E-state index in [1.165, 1.54) is 4.90 Å². The molecule has 0 radical (unpaired) electrons. The van der Waals surface area contributed by atoms with Crippen LogP contribution in [0.4, 0.5) is 13.2 Å². The summed E-state index contributed by atoms with van der Waals surface area (Å²) in [6.07, 6.45) is -5.03. The van der Waals surface area contributed by atoms with Crippen LogP contribution < -0.4 is 0 Å². The lowest BCUT2D eigenvalue weighted by Crippen LogP contribution is -2.37. The van der Waals surface area contributed by atoms with Crippen LogP contribution in [0, 0.1) is 5.92 Å². The zero-order valence-corrected chi connectivity index (χ0v) is 10.9. The Morgan fingerprint density at radius 3 is 2.45 bits per heavy atom. The molecule has 0 aromatic heterocycles. The first-order chi connectivity index (χ1) is 9.32. The second-order valence-corrected chi connectivity index (χ2v) is 4.82. The van der Waals surface area contributed by atoms with E-state index in [0.29, 0.717) is 0 Å². The summed E-state index contributed by atoms with van der Waals surface area (Å²) in [5, 5.41) is 0. The molecule has 1 unspecified atom stereocenters. The van der Waals surface area contributed by atoms with Crippen LogP contribution >= 0.6 is 0 Å². The van der Waals surface area contributed by atoms with Crippen LogP contribution in [0.15, 0.2) is 30.3 Å². The zero-order chi connectivity index (χ0) is 14.9. The number of nitrogens with zero attached hydrogens (tertiary/aromatic N) is 1. The summed E-state index contributed by atoms with van der Waals surface area (Å²) in [7, 11) is 0. The fourth-order valence-corrected chi connectivity index (χ4v) is 2.44. The highest BCUT2D eigenvalue weighted by atomic mass is 19.4. The van der Waals surface area contributed by atoms with Crippen LogP contribution in [-0.4, -0.2) is 29.3 Å². The Kier molecular flexibility index (Phi) is 3.83. The van der Waals surface area contributed by atoms with Gasteiger partial charge in [-0.05, 0) is 18.9 Å². The van der Waals surface area contributed by atoms with Gasteiger partial charge in [0.25, 0.3) is 0 Å². The number of likely N-dealkylation sites (tertiary alicyclic amines) is 1. The van der Waals surface area contributed by atoms with Gasteiger partial charge in [-0.3, -0.25) is 9.59 Å². The lowest BCUT2D eigenvalue weighted by Gasteiger charge is -2.25. The van der Waals surface area contributed by atoms with Crippen LogP contribution in [0.3, 0.4) is 0 Å². The molecule has 1 heterocycles. The molecule has 2 rings (SSSR count). The van der Waals surface area contributed by atoms with Gasteiger partial charge in [0.1, 0.15) is 5.92 Å². The van der Waals surface area contributed by atoms with E-state index >= 15 is 0 Å². The summed E-state index contributed by atoms with van der Waals surface area (Å²) in [6, 6.07) is 8.68. The molecule has 1 aromatic carbocycles. The number of rotatable bonds is 3. The molecule has 1 saturated heterocycles. The molecule has 0 bridgehead atoms. The van der Waals surface area contributed by atoms with Crippen molar-refractivity contribution >= 4 is 11.7 Å². The van der Waals surface area contributed by atoms with Gasteiger partial charge in [-0.15, -0.1) is 0 Å². The molecule has 0 aliphatic carbocycles. The number of hydrogen-bond donors (Lipinski definition) is 0. The van der Waals surface area contributed by atoms with Crippen molar-refractivity contribution in [2.45, 2.75) is 25.6 Å². The lowest BCUT2D eigenvalue weighted by molar-refractivity contribution is -0.176. The van der Waals surface area contributed by atoms with E-state index in [1.807, 2.05) is 6.07 Å². The van der Waals surface area contributed by atoms with E-state index in [-0.39, 0.29) is 19.0 Å². The predicted octanol–water partition coefficient (Wildman–Crippen LogP) is 2.73. The maximum absolute atomic E-state index is 12.4. The second-order valence-electron chi connectivity index (χ2n) is 4.82. The Morgan fingerprint density at radius 2 is 1.90 bits per heavy atom. The molecular formula is C14H14F3NO2. The van der Waals surface area contributed by atoms with Gasteiger partial charge in [0.05, 0.1) is 6.04 Å². The summed E-state index contributed by atoms with van der Waals surface area (Å²) in [4.78, 5) is 24.6. The molecule has 0 spiro atoms. The highest BCUT2D eigenvalue weighted by Crippen LogP contribution is 2.32. The Labute approximate surface area is 114 Å². The topological polar surface area (TPSA) is 37.4 Å².